The Morgan fingerprint density at radius 1 is 0.657 bits per heavy atom. The summed E-state index contributed by atoms with van der Waals surface area (Å²) < 4.78 is 0. The van der Waals surface area contributed by atoms with Crippen molar-refractivity contribution in [3.63, 3.8) is 0 Å². The van der Waals surface area contributed by atoms with E-state index in [0.29, 0.717) is 11.8 Å². The molecule has 360 valence electrons. The quantitative estimate of drug-likeness (QED) is 0.124. The highest BCUT2D eigenvalue weighted by Crippen LogP contribution is 2.57. The van der Waals surface area contributed by atoms with Crippen LogP contribution >= 0.6 is 0 Å². The van der Waals surface area contributed by atoms with Crippen LogP contribution in [0.1, 0.15) is 149 Å². The van der Waals surface area contributed by atoms with Gasteiger partial charge in [-0.3, -0.25) is 4.99 Å². The zero-order chi connectivity index (χ0) is 50.3. The molecule has 5 aliphatic carbocycles. The summed E-state index contributed by atoms with van der Waals surface area (Å²) in [6, 6.07) is 42.6. The maximum absolute atomic E-state index is 3.96. The van der Waals surface area contributed by atoms with Gasteiger partial charge in [-0.2, -0.15) is 0 Å². The van der Waals surface area contributed by atoms with Gasteiger partial charge in [-0.25, -0.2) is 4.99 Å². The van der Waals surface area contributed by atoms with E-state index in [-0.39, 0.29) is 10.8 Å². The average molecular weight is 923 g/mol. The second kappa shape index (κ2) is 22.1. The van der Waals surface area contributed by atoms with Gasteiger partial charge in [0, 0.05) is 23.4 Å². The van der Waals surface area contributed by atoms with Gasteiger partial charge in [-0.05, 0) is 180 Å². The van der Waals surface area contributed by atoms with Gasteiger partial charge in [-0.1, -0.05) is 206 Å². The average Bonchev–Trinajstić information content (AvgIpc) is 3.87. The molecule has 0 heterocycles. The van der Waals surface area contributed by atoms with Crippen molar-refractivity contribution in [2.24, 2.45) is 15.9 Å². The van der Waals surface area contributed by atoms with Crippen molar-refractivity contribution in [2.45, 2.75) is 132 Å². The van der Waals surface area contributed by atoms with Crippen molar-refractivity contribution in [1.29, 1.82) is 0 Å². The monoisotopic (exact) mass is 923 g/mol. The lowest BCUT2D eigenvalue weighted by Crippen LogP contribution is -2.31. The van der Waals surface area contributed by atoms with E-state index in [1.54, 1.807) is 12.6 Å². The third-order valence-corrected chi connectivity index (χ3v) is 15.5. The summed E-state index contributed by atoms with van der Waals surface area (Å²) in [5.74, 6) is 1.23. The lowest BCUT2D eigenvalue weighted by atomic mass is 9.66. The van der Waals surface area contributed by atoms with Crippen LogP contribution in [0.2, 0.25) is 0 Å². The summed E-state index contributed by atoms with van der Waals surface area (Å²) in [6.07, 6.45) is 18.5. The Bertz CT molecular complexity index is 3040. The van der Waals surface area contributed by atoms with Gasteiger partial charge in [0.25, 0.3) is 0 Å². The summed E-state index contributed by atoms with van der Waals surface area (Å²) >= 11 is 0. The van der Waals surface area contributed by atoms with Crippen LogP contribution in [0.4, 0.5) is 0 Å². The minimum atomic E-state index is 0.00259. The molecule has 2 unspecified atom stereocenters. The van der Waals surface area contributed by atoms with Crippen molar-refractivity contribution in [1.82, 2.24) is 0 Å². The fourth-order valence-corrected chi connectivity index (χ4v) is 11.9. The molecular weight excluding hydrogens is 845 g/mol. The fourth-order valence-electron chi connectivity index (χ4n) is 11.9. The van der Waals surface area contributed by atoms with E-state index in [9.17, 15) is 0 Å². The molecule has 0 fully saturated rings. The van der Waals surface area contributed by atoms with E-state index < -0.39 is 0 Å². The van der Waals surface area contributed by atoms with Crippen molar-refractivity contribution in [3.8, 4) is 33.4 Å². The first-order valence-corrected chi connectivity index (χ1v) is 26.2. The summed E-state index contributed by atoms with van der Waals surface area (Å²) in [4.78, 5) is 7.74. The zero-order valence-corrected chi connectivity index (χ0v) is 44.8. The van der Waals surface area contributed by atoms with Gasteiger partial charge in [0.2, 0.25) is 0 Å². The highest BCUT2D eigenvalue weighted by Gasteiger charge is 2.45. The first kappa shape index (κ1) is 51.5. The number of amidine groups is 1. The van der Waals surface area contributed by atoms with Crippen molar-refractivity contribution in [2.75, 3.05) is 7.05 Å². The fraction of sp³-hybridized carbons (Fsp3) is 0.324. The number of benzene rings is 6. The van der Waals surface area contributed by atoms with E-state index in [1.807, 2.05) is 58.0 Å². The van der Waals surface area contributed by atoms with Crippen LogP contribution in [0.3, 0.4) is 0 Å². The molecule has 0 saturated carbocycles. The molecule has 0 spiro atoms. The van der Waals surface area contributed by atoms with E-state index in [2.05, 4.69) is 187 Å². The van der Waals surface area contributed by atoms with Crippen LogP contribution in [0.25, 0.3) is 39.0 Å². The number of allylic oxidation sites excluding steroid dienone is 8. The summed E-state index contributed by atoms with van der Waals surface area (Å²) in [7, 11) is 1.71. The standard InChI is InChI=1S/C39H40.C16H16.C9H10N2.2C2H6/c1-24-13-7-8-14-27(19-24)39(6)35-18-12-10-16-29(35)33-23-31(26(3)21-37(33)39)30-22-32-28-15-9-11-17-34(28)38(4,5)36(32)20-25(30)2;1-3-12-5-4-6-14-10-13-8-7-11(2)9-15(13)16(12)14;1-10-9(11-2)8-6-4-3-5-7-8;2*1-2/h7-10,12-13,15-16,18,20-23,27H,11,14,17,19H2,1-6H3;4-9H,3,10H2,1-2H3;3-7H,1H2,2H3;2*1-2H3. The van der Waals surface area contributed by atoms with E-state index in [4.69, 9.17) is 0 Å². The van der Waals surface area contributed by atoms with Crippen LogP contribution in [-0.4, -0.2) is 19.6 Å². The molecule has 5 aliphatic rings. The molecule has 2 atom stereocenters. The molecule has 0 bridgehead atoms. The number of rotatable bonds is 4. The molecule has 0 aromatic heterocycles. The third kappa shape index (κ3) is 9.60. The van der Waals surface area contributed by atoms with E-state index in [1.165, 1.54) is 107 Å². The van der Waals surface area contributed by atoms with Gasteiger partial charge < -0.3 is 0 Å². The van der Waals surface area contributed by atoms with Crippen LogP contribution in [0, 0.1) is 26.7 Å². The minimum Gasteiger partial charge on any atom is -0.270 e. The highest BCUT2D eigenvalue weighted by molar-refractivity contribution is 6.01. The molecule has 70 heavy (non-hydrogen) atoms. The number of hydrogen-bond donors (Lipinski definition) is 0. The predicted molar refractivity (Wildman–Crippen MR) is 307 cm³/mol. The summed E-state index contributed by atoms with van der Waals surface area (Å²) in [5, 5.41) is 0. The van der Waals surface area contributed by atoms with E-state index >= 15 is 0 Å². The van der Waals surface area contributed by atoms with Crippen molar-refractivity contribution in [3.05, 3.63) is 218 Å². The molecule has 0 radical (unpaired) electrons. The Labute approximate surface area is 422 Å². The SMILES string of the molecule is C=NC(=NC)c1ccccc1.CC.CC.CC1=CC=CCC(C2(C)c3ccccc3-c3cc(-c4cc5c(cc4C)C(C)(C)C4=C5C=CCC4)c(C)cc32)C1.CCc1cccc2c1-c1cc(C)ccc1C2. The van der Waals surface area contributed by atoms with Crippen molar-refractivity contribution >= 4 is 18.1 Å². The second-order valence-corrected chi connectivity index (χ2v) is 19.9. The van der Waals surface area contributed by atoms with Gasteiger partial charge in [0.15, 0.2) is 5.84 Å². The molecule has 2 nitrogen and oxygen atoms in total. The Hall–Kier alpha value is -6.38. The maximum atomic E-state index is 3.96. The normalized spacial score (nSPS) is 18.2. The first-order chi connectivity index (χ1) is 33.9. The van der Waals surface area contributed by atoms with Crippen molar-refractivity contribution < 1.29 is 0 Å². The van der Waals surface area contributed by atoms with Gasteiger partial charge >= 0.3 is 0 Å². The van der Waals surface area contributed by atoms with Crippen LogP contribution in [0.15, 0.2) is 167 Å². The van der Waals surface area contributed by atoms with Crippen LogP contribution in [-0.2, 0) is 23.7 Å². The molecule has 0 aliphatic heterocycles. The molecule has 6 aromatic rings. The summed E-state index contributed by atoms with van der Waals surface area (Å²) in [5.41, 5.74) is 28.9. The zero-order valence-electron chi connectivity index (χ0n) is 44.8. The molecule has 6 aromatic carbocycles. The Balaban J connectivity index is 0.000000190. The predicted octanol–water partition coefficient (Wildman–Crippen LogP) is 18.5. The Morgan fingerprint density at radius 3 is 2.04 bits per heavy atom. The minimum absolute atomic E-state index is 0.00259. The second-order valence-electron chi connectivity index (χ2n) is 19.9. The van der Waals surface area contributed by atoms with E-state index in [0.717, 1.165) is 37.7 Å². The molecule has 11 rings (SSSR count). The molecule has 0 N–H and O–H groups in total. The molecule has 0 amide bonds. The smallest absolute Gasteiger partial charge is 0.153 e. The topological polar surface area (TPSA) is 24.7 Å². The molecule has 2 heteroatoms. The maximum Gasteiger partial charge on any atom is 0.153 e. The Morgan fingerprint density at radius 2 is 1.34 bits per heavy atom. The number of hydrogen-bond acceptors (Lipinski definition) is 1. The lowest BCUT2D eigenvalue weighted by Gasteiger charge is -2.36. The van der Waals surface area contributed by atoms with Crippen LogP contribution in [0.5, 0.6) is 0 Å². The highest BCUT2D eigenvalue weighted by atomic mass is 14.9. The number of aliphatic imine (C=N–C) groups is 2. The van der Waals surface area contributed by atoms with Crippen LogP contribution < -0.4 is 0 Å². The van der Waals surface area contributed by atoms with Gasteiger partial charge in [0.05, 0.1) is 0 Å². The number of nitrogens with zero attached hydrogens (tertiary/aromatic N) is 2. The molecular formula is C68H78N2. The lowest BCUT2D eigenvalue weighted by molar-refractivity contribution is 0.352. The van der Waals surface area contributed by atoms with Gasteiger partial charge in [-0.15, -0.1) is 0 Å². The number of aryl methyl sites for hydroxylation is 4. The molecule has 0 saturated heterocycles. The van der Waals surface area contributed by atoms with Gasteiger partial charge in [0.1, 0.15) is 0 Å². The largest absolute Gasteiger partial charge is 0.270 e. The third-order valence-electron chi connectivity index (χ3n) is 15.5. The summed E-state index contributed by atoms with van der Waals surface area (Å²) in [6.45, 7) is 30.1. The number of fused-ring (bicyclic) bond motifs is 8. The Kier molecular flexibility index (Phi) is 16.3. The first-order valence-electron chi connectivity index (χ1n) is 26.2.